The Morgan fingerprint density at radius 3 is 2.89 bits per heavy atom. The van der Waals surface area contributed by atoms with Gasteiger partial charge in [-0.15, -0.1) is 0 Å². The molecule has 138 valence electrons. The highest BCUT2D eigenvalue weighted by Gasteiger charge is 2.24. The Morgan fingerprint density at radius 1 is 1.22 bits per heavy atom. The highest BCUT2D eigenvalue weighted by Crippen LogP contribution is 2.31. The maximum absolute atomic E-state index is 12.6. The van der Waals surface area contributed by atoms with E-state index in [1.165, 1.54) is 0 Å². The average molecular weight is 364 g/mol. The number of amides is 3. The second-order valence-corrected chi connectivity index (χ2v) is 6.45. The molecule has 1 aliphatic rings. The molecule has 3 aromatic rings. The summed E-state index contributed by atoms with van der Waals surface area (Å²) in [4.78, 5) is 30.8. The van der Waals surface area contributed by atoms with Crippen molar-refractivity contribution < 1.29 is 14.0 Å². The lowest BCUT2D eigenvalue weighted by atomic mass is 10.1. The molecule has 0 saturated carbocycles. The van der Waals surface area contributed by atoms with Crippen LogP contribution >= 0.6 is 0 Å². The molecule has 3 amide bonds. The summed E-state index contributed by atoms with van der Waals surface area (Å²) in [5.74, 6) is 0.320. The van der Waals surface area contributed by atoms with E-state index in [1.54, 1.807) is 30.0 Å². The van der Waals surface area contributed by atoms with E-state index in [9.17, 15) is 9.59 Å². The molecular weight excluding hydrogens is 344 g/mol. The van der Waals surface area contributed by atoms with E-state index < -0.39 is 0 Å². The van der Waals surface area contributed by atoms with Gasteiger partial charge in [-0.25, -0.2) is 9.78 Å². The summed E-state index contributed by atoms with van der Waals surface area (Å²) in [6, 6.07) is 10.7. The van der Waals surface area contributed by atoms with Gasteiger partial charge in [0.05, 0.1) is 5.69 Å². The van der Waals surface area contributed by atoms with Gasteiger partial charge in [-0.1, -0.05) is 6.07 Å². The van der Waals surface area contributed by atoms with Gasteiger partial charge in [0.1, 0.15) is 5.52 Å². The first-order valence-corrected chi connectivity index (χ1v) is 8.92. The Kier molecular flexibility index (Phi) is 4.27. The molecule has 1 aromatic heterocycles. The lowest BCUT2D eigenvalue weighted by Gasteiger charge is -2.18. The molecule has 0 radical (unpaired) electrons. The zero-order chi connectivity index (χ0) is 19.0. The topological polar surface area (TPSA) is 87.5 Å². The minimum absolute atomic E-state index is 0.120. The zero-order valence-electron chi connectivity index (χ0n) is 15.2. The predicted molar refractivity (Wildman–Crippen MR) is 103 cm³/mol. The highest BCUT2D eigenvalue weighted by molar-refractivity contribution is 6.06. The minimum atomic E-state index is -0.242. The number of carbonyl (C=O) groups is 2. The molecule has 2 heterocycles. The summed E-state index contributed by atoms with van der Waals surface area (Å²) in [7, 11) is 0. The van der Waals surface area contributed by atoms with Crippen LogP contribution in [0.5, 0.6) is 0 Å². The Bertz CT molecular complexity index is 1040. The van der Waals surface area contributed by atoms with Crippen LogP contribution in [0.25, 0.3) is 11.1 Å². The van der Waals surface area contributed by atoms with Crippen LogP contribution in [0.1, 0.15) is 28.7 Å². The second-order valence-electron chi connectivity index (χ2n) is 6.45. The first kappa shape index (κ1) is 17.1. The lowest BCUT2D eigenvalue weighted by molar-refractivity contribution is 0.102. The van der Waals surface area contributed by atoms with E-state index in [0.717, 1.165) is 23.2 Å². The molecule has 7 heteroatoms. The van der Waals surface area contributed by atoms with Gasteiger partial charge in [-0.2, -0.15) is 0 Å². The number of anilines is 2. The number of rotatable bonds is 3. The summed E-state index contributed by atoms with van der Waals surface area (Å²) in [5.41, 5.74) is 4.36. The molecule has 4 rings (SSSR count). The molecule has 0 unspecified atom stereocenters. The van der Waals surface area contributed by atoms with Crippen molar-refractivity contribution in [3.05, 3.63) is 53.4 Å². The van der Waals surface area contributed by atoms with Crippen molar-refractivity contribution in [1.82, 2.24) is 10.3 Å². The van der Waals surface area contributed by atoms with Crippen LogP contribution in [0.2, 0.25) is 0 Å². The zero-order valence-corrected chi connectivity index (χ0v) is 15.2. The number of nitrogens with one attached hydrogen (secondary N) is 2. The number of aromatic nitrogens is 1. The number of oxazole rings is 1. The summed E-state index contributed by atoms with van der Waals surface area (Å²) in [5, 5.41) is 5.71. The number of benzene rings is 2. The monoisotopic (exact) mass is 364 g/mol. The Balaban J connectivity index is 1.56. The molecule has 0 bridgehead atoms. The van der Waals surface area contributed by atoms with Crippen LogP contribution in [-0.4, -0.2) is 30.0 Å². The largest absolute Gasteiger partial charge is 0.441 e. The van der Waals surface area contributed by atoms with E-state index in [4.69, 9.17) is 4.42 Å². The SMILES string of the molecule is CCNC(=O)N1CCc2ccc(NC(=O)c3ccc4nc(C)oc4c3)cc21. The van der Waals surface area contributed by atoms with Crippen molar-refractivity contribution in [2.45, 2.75) is 20.3 Å². The third-order valence-electron chi connectivity index (χ3n) is 4.57. The second kappa shape index (κ2) is 6.75. The molecule has 1 aliphatic heterocycles. The number of nitrogens with zero attached hydrogens (tertiary/aromatic N) is 2. The number of hydrogen-bond acceptors (Lipinski definition) is 4. The Labute approximate surface area is 156 Å². The molecule has 2 aromatic carbocycles. The maximum Gasteiger partial charge on any atom is 0.321 e. The third kappa shape index (κ3) is 3.23. The minimum Gasteiger partial charge on any atom is -0.441 e. The number of aryl methyl sites for hydroxylation is 1. The Morgan fingerprint density at radius 2 is 2.07 bits per heavy atom. The van der Waals surface area contributed by atoms with Gasteiger partial charge < -0.3 is 15.1 Å². The van der Waals surface area contributed by atoms with Crippen molar-refractivity contribution in [1.29, 1.82) is 0 Å². The van der Waals surface area contributed by atoms with Gasteiger partial charge in [0.15, 0.2) is 11.5 Å². The van der Waals surface area contributed by atoms with E-state index in [-0.39, 0.29) is 11.9 Å². The molecule has 7 nitrogen and oxygen atoms in total. The molecular formula is C20H20N4O3. The van der Waals surface area contributed by atoms with Gasteiger partial charge in [-0.05, 0) is 49.2 Å². The van der Waals surface area contributed by atoms with Crippen molar-refractivity contribution >= 4 is 34.4 Å². The third-order valence-corrected chi connectivity index (χ3v) is 4.57. The van der Waals surface area contributed by atoms with Crippen molar-refractivity contribution in [3.63, 3.8) is 0 Å². The van der Waals surface area contributed by atoms with Gasteiger partial charge in [0, 0.05) is 31.3 Å². The number of urea groups is 1. The molecule has 0 atom stereocenters. The summed E-state index contributed by atoms with van der Waals surface area (Å²) < 4.78 is 5.49. The standard InChI is InChI=1S/C20H20N4O3/c1-3-21-20(26)24-9-8-13-4-6-15(11-17(13)24)23-19(25)14-5-7-16-18(10-14)27-12(2)22-16/h4-7,10-11H,3,8-9H2,1-2H3,(H,21,26)(H,23,25). The normalized spacial score (nSPS) is 12.9. The van der Waals surface area contributed by atoms with E-state index in [1.807, 2.05) is 25.1 Å². The summed E-state index contributed by atoms with van der Waals surface area (Å²) in [6.45, 7) is 4.87. The van der Waals surface area contributed by atoms with Gasteiger partial charge >= 0.3 is 6.03 Å². The fraction of sp³-hybridized carbons (Fsp3) is 0.250. The molecule has 0 fully saturated rings. The molecule has 27 heavy (non-hydrogen) atoms. The van der Waals surface area contributed by atoms with Crippen LogP contribution in [0.4, 0.5) is 16.2 Å². The number of hydrogen-bond donors (Lipinski definition) is 2. The van der Waals surface area contributed by atoms with Gasteiger partial charge in [0.25, 0.3) is 5.91 Å². The predicted octanol–water partition coefficient (Wildman–Crippen LogP) is 3.48. The maximum atomic E-state index is 12.6. The van der Waals surface area contributed by atoms with E-state index in [2.05, 4.69) is 15.6 Å². The summed E-state index contributed by atoms with van der Waals surface area (Å²) in [6.07, 6.45) is 0.808. The molecule has 0 saturated heterocycles. The first-order valence-electron chi connectivity index (χ1n) is 8.92. The smallest absolute Gasteiger partial charge is 0.321 e. The lowest BCUT2D eigenvalue weighted by Crippen LogP contribution is -2.38. The van der Waals surface area contributed by atoms with Gasteiger partial charge in [-0.3, -0.25) is 9.69 Å². The molecule has 2 N–H and O–H groups in total. The first-order chi connectivity index (χ1) is 13.0. The van der Waals surface area contributed by atoms with E-state index in [0.29, 0.717) is 35.8 Å². The van der Waals surface area contributed by atoms with Crippen molar-refractivity contribution in [2.75, 3.05) is 23.3 Å². The van der Waals surface area contributed by atoms with Crippen LogP contribution < -0.4 is 15.5 Å². The highest BCUT2D eigenvalue weighted by atomic mass is 16.3. The quantitative estimate of drug-likeness (QED) is 0.745. The molecule has 0 aliphatic carbocycles. The van der Waals surface area contributed by atoms with E-state index >= 15 is 0 Å². The fourth-order valence-electron chi connectivity index (χ4n) is 3.30. The van der Waals surface area contributed by atoms with Gasteiger partial charge in [0.2, 0.25) is 0 Å². The fourth-order valence-corrected chi connectivity index (χ4v) is 3.30. The van der Waals surface area contributed by atoms with Crippen LogP contribution in [0, 0.1) is 6.92 Å². The van der Waals surface area contributed by atoms with Crippen LogP contribution in [0.15, 0.2) is 40.8 Å². The number of carbonyl (C=O) groups excluding carboxylic acids is 2. The Hall–Kier alpha value is -3.35. The van der Waals surface area contributed by atoms with Crippen LogP contribution in [-0.2, 0) is 6.42 Å². The van der Waals surface area contributed by atoms with Crippen molar-refractivity contribution in [3.8, 4) is 0 Å². The molecule has 0 spiro atoms. The van der Waals surface area contributed by atoms with Crippen molar-refractivity contribution in [2.24, 2.45) is 0 Å². The number of fused-ring (bicyclic) bond motifs is 2. The van der Waals surface area contributed by atoms with Crippen LogP contribution in [0.3, 0.4) is 0 Å². The average Bonchev–Trinajstić information content (AvgIpc) is 3.23. The summed E-state index contributed by atoms with van der Waals surface area (Å²) >= 11 is 0.